The van der Waals surface area contributed by atoms with Crippen molar-refractivity contribution in [3.63, 3.8) is 0 Å². The molecule has 4 rings (SSSR count). The maximum atomic E-state index is 14.3. The molecular weight excluding hydrogens is 599 g/mol. The number of nitrogens with one attached hydrogen (secondary N) is 1. The Bertz CT molecular complexity index is 1280. The molecule has 9 nitrogen and oxygen atoms in total. The normalized spacial score (nSPS) is 23.9. The Balaban J connectivity index is 1.61. The Morgan fingerprint density at radius 2 is 1.84 bits per heavy atom. The highest BCUT2D eigenvalue weighted by Crippen LogP contribution is 2.30. The molecule has 0 saturated heterocycles. The van der Waals surface area contributed by atoms with Crippen LogP contribution in [-0.2, 0) is 14.8 Å². The Kier molecular flexibility index (Phi) is 12.9. The summed E-state index contributed by atoms with van der Waals surface area (Å²) in [6.07, 6.45) is 8.93. The van der Waals surface area contributed by atoms with Crippen LogP contribution in [-0.4, -0.2) is 87.4 Å². The van der Waals surface area contributed by atoms with Gasteiger partial charge >= 0.3 is 0 Å². The van der Waals surface area contributed by atoms with Gasteiger partial charge in [-0.1, -0.05) is 32.3 Å². The Hall–Kier alpha value is -2.18. The maximum Gasteiger partial charge on any atom is 0.271 e. The van der Waals surface area contributed by atoms with Gasteiger partial charge in [0.05, 0.1) is 30.4 Å². The monoisotopic (exact) mass is 649 g/mol. The quantitative estimate of drug-likeness (QED) is 0.351. The highest BCUT2D eigenvalue weighted by Gasteiger charge is 2.31. The third-order valence-electron chi connectivity index (χ3n) is 8.85. The molecule has 1 aromatic heterocycles. The van der Waals surface area contributed by atoms with E-state index >= 15 is 0 Å². The zero-order chi connectivity index (χ0) is 31.7. The van der Waals surface area contributed by atoms with Gasteiger partial charge in [-0.3, -0.25) is 9.52 Å². The molecule has 0 spiro atoms. The van der Waals surface area contributed by atoms with Gasteiger partial charge in [0.25, 0.3) is 15.9 Å². The number of rotatable bonds is 9. The number of hydrogen-bond acceptors (Lipinski definition) is 8. The predicted molar refractivity (Wildman–Crippen MR) is 176 cm³/mol. The van der Waals surface area contributed by atoms with Gasteiger partial charge in [-0.15, -0.1) is 11.3 Å². The summed E-state index contributed by atoms with van der Waals surface area (Å²) >= 11 is 1.13. The van der Waals surface area contributed by atoms with Crippen LogP contribution in [0.25, 0.3) is 0 Å². The van der Waals surface area contributed by atoms with Gasteiger partial charge < -0.3 is 24.4 Å². The lowest BCUT2D eigenvalue weighted by atomic mass is 9.89. The number of aliphatic hydroxyl groups excluding tert-OH is 1. The van der Waals surface area contributed by atoms with Crippen molar-refractivity contribution in [2.75, 3.05) is 44.6 Å². The zero-order valence-corrected chi connectivity index (χ0v) is 28.4. The lowest BCUT2D eigenvalue weighted by molar-refractivity contribution is -0.0190. The topological polar surface area (TPSA) is 108 Å². The van der Waals surface area contributed by atoms with E-state index in [9.17, 15) is 18.3 Å². The molecule has 1 aromatic carbocycles. The van der Waals surface area contributed by atoms with Crippen molar-refractivity contribution in [1.29, 1.82) is 0 Å². The number of fused-ring (bicyclic) bond motifs is 1. The lowest BCUT2D eigenvalue weighted by Crippen LogP contribution is -2.47. The van der Waals surface area contributed by atoms with Gasteiger partial charge in [-0.25, -0.2) is 8.42 Å². The van der Waals surface area contributed by atoms with E-state index in [-0.39, 0.29) is 46.1 Å². The average Bonchev–Trinajstić information content (AvgIpc) is 3.55. The van der Waals surface area contributed by atoms with Gasteiger partial charge in [0.15, 0.2) is 0 Å². The van der Waals surface area contributed by atoms with E-state index in [0.717, 1.165) is 49.6 Å². The third-order valence-corrected chi connectivity index (χ3v) is 11.6. The Morgan fingerprint density at radius 1 is 1.09 bits per heavy atom. The first-order valence-corrected chi connectivity index (χ1v) is 18.5. The summed E-state index contributed by atoms with van der Waals surface area (Å²) < 4.78 is 41.5. The number of amides is 1. The molecular formula is C33H51N3O6S2. The molecule has 2 N–H and O–H groups in total. The van der Waals surface area contributed by atoms with E-state index in [4.69, 9.17) is 9.47 Å². The Labute approximate surface area is 268 Å². The van der Waals surface area contributed by atoms with Crippen LogP contribution in [0.2, 0.25) is 0 Å². The van der Waals surface area contributed by atoms with Crippen molar-refractivity contribution in [2.24, 2.45) is 11.8 Å². The summed E-state index contributed by atoms with van der Waals surface area (Å²) in [5.41, 5.74) is 0.540. The van der Waals surface area contributed by atoms with Crippen molar-refractivity contribution < 1.29 is 27.8 Å². The second-order valence-electron chi connectivity index (χ2n) is 12.8. The van der Waals surface area contributed by atoms with Crippen molar-refractivity contribution in [3.05, 3.63) is 41.3 Å². The fourth-order valence-electron chi connectivity index (χ4n) is 6.26. The van der Waals surface area contributed by atoms with Crippen LogP contribution >= 0.6 is 11.3 Å². The van der Waals surface area contributed by atoms with Crippen molar-refractivity contribution in [2.45, 2.75) is 94.6 Å². The summed E-state index contributed by atoms with van der Waals surface area (Å²) in [6, 6.07) is 7.60. The molecule has 246 valence electrons. The smallest absolute Gasteiger partial charge is 0.271 e. The second-order valence-corrected chi connectivity index (χ2v) is 15.6. The van der Waals surface area contributed by atoms with Crippen LogP contribution < -0.4 is 9.46 Å². The SMILES string of the molecule is C[C@@H]1CCCCO[C@@H](CN(C)CC2CCCCC2)[C@@H](C)CN([C@@H](C)CO)C(=O)c2cc(NS(=O)(=O)c3cccs3)ccc2O1. The summed E-state index contributed by atoms with van der Waals surface area (Å²) in [6.45, 7) is 8.56. The number of carbonyl (C=O) groups is 1. The Morgan fingerprint density at radius 3 is 2.55 bits per heavy atom. The molecule has 2 aromatic rings. The minimum atomic E-state index is -3.81. The van der Waals surface area contributed by atoms with E-state index in [1.807, 2.05) is 13.8 Å². The molecule has 0 bridgehead atoms. The number of aliphatic hydroxyl groups is 1. The standard InChI is InChI=1S/C33H51N3O6S2/c1-24-20-36(25(2)23-37)33(38)29-19-28(34-44(39,40)32-14-10-18-43-32)15-16-30(29)42-26(3)11-8-9-17-41-31(24)22-35(4)21-27-12-6-5-7-13-27/h10,14-16,18-19,24-27,31,34,37H,5-9,11-13,17,20-23H2,1-4H3/t24-,25-,26+,31-/m0/s1. The summed E-state index contributed by atoms with van der Waals surface area (Å²) in [5, 5.41) is 11.9. The second kappa shape index (κ2) is 16.4. The summed E-state index contributed by atoms with van der Waals surface area (Å²) in [4.78, 5) is 18.4. The van der Waals surface area contributed by atoms with E-state index in [1.165, 1.54) is 32.1 Å². The van der Waals surface area contributed by atoms with Crippen LogP contribution in [0.1, 0.15) is 82.5 Å². The fraction of sp³-hybridized carbons (Fsp3) is 0.667. The van der Waals surface area contributed by atoms with Crippen LogP contribution in [0, 0.1) is 11.8 Å². The molecule has 0 radical (unpaired) electrons. The number of anilines is 1. The van der Waals surface area contributed by atoms with E-state index in [0.29, 0.717) is 18.9 Å². The number of carbonyl (C=O) groups excluding carboxylic acids is 1. The first kappa shape index (κ1) is 34.7. The van der Waals surface area contributed by atoms with Gasteiger partial charge in [0.1, 0.15) is 9.96 Å². The van der Waals surface area contributed by atoms with Gasteiger partial charge in [0.2, 0.25) is 0 Å². The number of benzene rings is 1. The average molecular weight is 650 g/mol. The first-order valence-electron chi connectivity index (χ1n) is 16.2. The highest BCUT2D eigenvalue weighted by molar-refractivity contribution is 7.94. The van der Waals surface area contributed by atoms with Gasteiger partial charge in [0, 0.05) is 37.8 Å². The van der Waals surface area contributed by atoms with E-state index in [1.54, 1.807) is 40.6 Å². The molecule has 1 aliphatic heterocycles. The number of nitrogens with zero attached hydrogens (tertiary/aromatic N) is 2. The predicted octanol–water partition coefficient (Wildman–Crippen LogP) is 5.86. The maximum absolute atomic E-state index is 14.3. The van der Waals surface area contributed by atoms with Gasteiger partial charge in [-0.05, 0) is 88.6 Å². The highest BCUT2D eigenvalue weighted by atomic mass is 32.2. The molecule has 1 fully saturated rings. The molecule has 44 heavy (non-hydrogen) atoms. The largest absolute Gasteiger partial charge is 0.490 e. The molecule has 2 heterocycles. The summed E-state index contributed by atoms with van der Waals surface area (Å²) in [5.74, 6) is 0.804. The van der Waals surface area contributed by atoms with Crippen LogP contribution in [0.3, 0.4) is 0 Å². The van der Waals surface area contributed by atoms with Gasteiger partial charge in [-0.2, -0.15) is 0 Å². The summed E-state index contributed by atoms with van der Waals surface area (Å²) in [7, 11) is -1.64. The lowest BCUT2D eigenvalue weighted by Gasteiger charge is -2.36. The number of sulfonamides is 1. The molecule has 11 heteroatoms. The molecule has 1 saturated carbocycles. The molecule has 1 amide bonds. The first-order chi connectivity index (χ1) is 21.1. The van der Waals surface area contributed by atoms with Crippen LogP contribution in [0.15, 0.2) is 39.9 Å². The van der Waals surface area contributed by atoms with Crippen LogP contribution in [0.5, 0.6) is 5.75 Å². The molecule has 4 atom stereocenters. The van der Waals surface area contributed by atoms with Crippen molar-refractivity contribution in [3.8, 4) is 5.75 Å². The molecule has 1 aliphatic carbocycles. The fourth-order valence-corrected chi connectivity index (χ4v) is 8.31. The van der Waals surface area contributed by atoms with E-state index in [2.05, 4.69) is 23.6 Å². The zero-order valence-electron chi connectivity index (χ0n) is 26.7. The third kappa shape index (κ3) is 9.66. The van der Waals surface area contributed by atoms with E-state index < -0.39 is 16.1 Å². The van der Waals surface area contributed by atoms with Crippen LogP contribution in [0.4, 0.5) is 5.69 Å². The number of hydrogen-bond donors (Lipinski definition) is 2. The molecule has 2 aliphatic rings. The van der Waals surface area contributed by atoms with Crippen molar-refractivity contribution >= 4 is 33.0 Å². The number of ether oxygens (including phenoxy) is 2. The molecule has 0 unspecified atom stereocenters. The number of thiophene rings is 1. The minimum absolute atomic E-state index is 0.00602. The number of likely N-dealkylation sites (N-methyl/N-ethyl adjacent to an activating group) is 1. The minimum Gasteiger partial charge on any atom is -0.490 e. The van der Waals surface area contributed by atoms with Crippen molar-refractivity contribution in [1.82, 2.24) is 9.80 Å².